The summed E-state index contributed by atoms with van der Waals surface area (Å²) in [6.45, 7) is 2.77. The molecule has 1 aliphatic rings. The summed E-state index contributed by atoms with van der Waals surface area (Å²) in [5, 5.41) is 11.5. The highest BCUT2D eigenvalue weighted by Gasteiger charge is 2.25. The fraction of sp³-hybridized carbons (Fsp3) is 0.273. The molecule has 1 aliphatic heterocycles. The SMILES string of the molecule is CCCNC(=O)c1ccc(Cl)cc1NC(=O)C1=NN(Cc2ccccc2)C(=O)CC1. The molecular formula is C22H23ClN4O3. The van der Waals surface area contributed by atoms with Crippen LogP contribution in [0.5, 0.6) is 0 Å². The van der Waals surface area contributed by atoms with Crippen molar-refractivity contribution >= 4 is 40.7 Å². The van der Waals surface area contributed by atoms with Crippen molar-refractivity contribution in [1.29, 1.82) is 0 Å². The van der Waals surface area contributed by atoms with Crippen molar-refractivity contribution in [2.75, 3.05) is 11.9 Å². The van der Waals surface area contributed by atoms with E-state index in [2.05, 4.69) is 15.7 Å². The van der Waals surface area contributed by atoms with E-state index < -0.39 is 5.91 Å². The van der Waals surface area contributed by atoms with E-state index in [-0.39, 0.29) is 36.9 Å². The first-order valence-electron chi connectivity index (χ1n) is 9.78. The number of nitrogens with zero attached hydrogens (tertiary/aromatic N) is 2. The van der Waals surface area contributed by atoms with Crippen molar-refractivity contribution in [3.05, 3.63) is 64.7 Å². The second-order valence-corrected chi connectivity index (χ2v) is 7.32. The molecule has 3 rings (SSSR count). The summed E-state index contributed by atoms with van der Waals surface area (Å²) in [7, 11) is 0. The van der Waals surface area contributed by atoms with Gasteiger partial charge < -0.3 is 10.6 Å². The number of anilines is 1. The molecule has 0 fully saturated rings. The molecule has 3 amide bonds. The normalized spacial score (nSPS) is 13.6. The second kappa shape index (κ2) is 10.0. The summed E-state index contributed by atoms with van der Waals surface area (Å²) >= 11 is 6.06. The van der Waals surface area contributed by atoms with Gasteiger partial charge in [-0.2, -0.15) is 5.10 Å². The van der Waals surface area contributed by atoms with Gasteiger partial charge in [-0.05, 0) is 30.2 Å². The molecule has 0 spiro atoms. The molecule has 1 heterocycles. The maximum Gasteiger partial charge on any atom is 0.271 e. The number of nitrogens with one attached hydrogen (secondary N) is 2. The van der Waals surface area contributed by atoms with Crippen LogP contribution < -0.4 is 10.6 Å². The molecule has 7 nitrogen and oxygen atoms in total. The van der Waals surface area contributed by atoms with Crippen LogP contribution in [0.2, 0.25) is 5.02 Å². The third kappa shape index (κ3) is 5.45. The van der Waals surface area contributed by atoms with Crippen LogP contribution in [0.15, 0.2) is 53.6 Å². The minimum absolute atomic E-state index is 0.141. The van der Waals surface area contributed by atoms with E-state index in [1.54, 1.807) is 12.1 Å². The van der Waals surface area contributed by atoms with E-state index >= 15 is 0 Å². The van der Waals surface area contributed by atoms with Gasteiger partial charge in [0.1, 0.15) is 5.71 Å². The van der Waals surface area contributed by atoms with Crippen molar-refractivity contribution in [1.82, 2.24) is 10.3 Å². The van der Waals surface area contributed by atoms with Crippen LogP contribution in [0.4, 0.5) is 5.69 Å². The summed E-state index contributed by atoms with van der Waals surface area (Å²) in [5.41, 5.74) is 1.76. The summed E-state index contributed by atoms with van der Waals surface area (Å²) in [6, 6.07) is 14.1. The van der Waals surface area contributed by atoms with Gasteiger partial charge in [0.25, 0.3) is 11.8 Å². The highest BCUT2D eigenvalue weighted by molar-refractivity contribution is 6.44. The van der Waals surface area contributed by atoms with Crippen molar-refractivity contribution in [2.24, 2.45) is 5.10 Å². The van der Waals surface area contributed by atoms with Gasteiger partial charge in [0.05, 0.1) is 17.8 Å². The van der Waals surface area contributed by atoms with Gasteiger partial charge in [0.2, 0.25) is 5.91 Å². The van der Waals surface area contributed by atoms with Crippen molar-refractivity contribution < 1.29 is 14.4 Å². The molecule has 8 heteroatoms. The van der Waals surface area contributed by atoms with Crippen molar-refractivity contribution in [2.45, 2.75) is 32.7 Å². The van der Waals surface area contributed by atoms with Gasteiger partial charge in [-0.15, -0.1) is 0 Å². The Morgan fingerprint density at radius 3 is 2.60 bits per heavy atom. The fourth-order valence-electron chi connectivity index (χ4n) is 2.99. The highest BCUT2D eigenvalue weighted by atomic mass is 35.5. The lowest BCUT2D eigenvalue weighted by Gasteiger charge is -2.23. The molecule has 0 unspecified atom stereocenters. The molecular weight excluding hydrogens is 404 g/mol. The Morgan fingerprint density at radius 1 is 1.10 bits per heavy atom. The number of hydrazone groups is 1. The van der Waals surface area contributed by atoms with E-state index in [1.165, 1.54) is 11.1 Å². The Morgan fingerprint density at radius 2 is 1.87 bits per heavy atom. The van der Waals surface area contributed by atoms with Gasteiger partial charge in [-0.1, -0.05) is 48.9 Å². The zero-order valence-corrected chi connectivity index (χ0v) is 17.4. The lowest BCUT2D eigenvalue weighted by Crippen LogP contribution is -2.36. The Bertz CT molecular complexity index is 976. The van der Waals surface area contributed by atoms with Gasteiger partial charge in [-0.3, -0.25) is 14.4 Å². The second-order valence-electron chi connectivity index (χ2n) is 6.88. The number of hydrogen-bond acceptors (Lipinski definition) is 4. The lowest BCUT2D eigenvalue weighted by molar-refractivity contribution is -0.132. The van der Waals surface area contributed by atoms with Crippen LogP contribution in [0.3, 0.4) is 0 Å². The minimum atomic E-state index is -0.465. The largest absolute Gasteiger partial charge is 0.352 e. The Hall–Kier alpha value is -3.19. The maximum absolute atomic E-state index is 12.8. The number of carbonyl (C=O) groups excluding carboxylic acids is 3. The van der Waals surface area contributed by atoms with Crippen LogP contribution in [0, 0.1) is 0 Å². The zero-order chi connectivity index (χ0) is 21.5. The van der Waals surface area contributed by atoms with E-state index in [1.807, 2.05) is 37.3 Å². The van der Waals surface area contributed by atoms with Crippen LogP contribution in [0.25, 0.3) is 0 Å². The third-order valence-electron chi connectivity index (χ3n) is 4.55. The molecule has 0 bridgehead atoms. The van der Waals surface area contributed by atoms with Crippen LogP contribution >= 0.6 is 11.6 Å². The number of hydrogen-bond donors (Lipinski definition) is 2. The zero-order valence-electron chi connectivity index (χ0n) is 16.7. The lowest BCUT2D eigenvalue weighted by atomic mass is 10.1. The summed E-state index contributed by atoms with van der Waals surface area (Å²) in [6.07, 6.45) is 1.22. The van der Waals surface area contributed by atoms with Gasteiger partial charge >= 0.3 is 0 Å². The molecule has 0 aromatic heterocycles. The van der Waals surface area contributed by atoms with E-state index in [4.69, 9.17) is 11.6 Å². The molecule has 2 N–H and O–H groups in total. The molecule has 156 valence electrons. The first kappa shape index (κ1) is 21.5. The quantitative estimate of drug-likeness (QED) is 0.708. The average molecular weight is 427 g/mol. The smallest absolute Gasteiger partial charge is 0.271 e. The topological polar surface area (TPSA) is 90.9 Å². The van der Waals surface area contributed by atoms with Gasteiger partial charge in [0, 0.05) is 24.4 Å². The molecule has 0 atom stereocenters. The third-order valence-corrected chi connectivity index (χ3v) is 4.79. The van der Waals surface area contributed by atoms with Crippen LogP contribution in [0.1, 0.15) is 42.1 Å². The van der Waals surface area contributed by atoms with E-state index in [0.717, 1.165) is 12.0 Å². The molecule has 0 saturated carbocycles. The summed E-state index contributed by atoms with van der Waals surface area (Å²) < 4.78 is 0. The first-order valence-corrected chi connectivity index (χ1v) is 10.2. The van der Waals surface area contributed by atoms with Gasteiger partial charge in [0.15, 0.2) is 0 Å². The number of benzene rings is 2. The summed E-state index contributed by atoms with van der Waals surface area (Å²) in [4.78, 5) is 37.5. The van der Waals surface area contributed by atoms with Crippen molar-refractivity contribution in [3.63, 3.8) is 0 Å². The number of carbonyl (C=O) groups is 3. The standard InChI is InChI=1S/C22H23ClN4O3/c1-2-12-24-21(29)17-9-8-16(23)13-19(17)25-22(30)18-10-11-20(28)27(26-18)14-15-6-4-3-5-7-15/h3-9,13H,2,10-12,14H2,1H3,(H,24,29)(H,25,30). The monoisotopic (exact) mass is 426 g/mol. The first-order chi connectivity index (χ1) is 14.5. The van der Waals surface area contributed by atoms with Crippen LogP contribution in [-0.2, 0) is 16.1 Å². The maximum atomic E-state index is 12.8. The van der Waals surface area contributed by atoms with Crippen LogP contribution in [-0.4, -0.2) is 35.0 Å². The average Bonchev–Trinajstić information content (AvgIpc) is 2.74. The number of halogens is 1. The molecule has 2 aromatic carbocycles. The van der Waals surface area contributed by atoms with E-state index in [0.29, 0.717) is 22.8 Å². The molecule has 0 aliphatic carbocycles. The predicted octanol–water partition coefficient (Wildman–Crippen LogP) is 3.60. The minimum Gasteiger partial charge on any atom is -0.352 e. The van der Waals surface area contributed by atoms with Gasteiger partial charge in [-0.25, -0.2) is 5.01 Å². The number of rotatable bonds is 7. The fourth-order valence-corrected chi connectivity index (χ4v) is 3.16. The molecule has 2 aromatic rings. The Labute approximate surface area is 180 Å². The molecule has 30 heavy (non-hydrogen) atoms. The summed E-state index contributed by atoms with van der Waals surface area (Å²) in [5.74, 6) is -0.902. The van der Waals surface area contributed by atoms with E-state index in [9.17, 15) is 14.4 Å². The Kier molecular flexibility index (Phi) is 7.19. The molecule has 0 radical (unpaired) electrons. The molecule has 0 saturated heterocycles. The highest BCUT2D eigenvalue weighted by Crippen LogP contribution is 2.22. The number of amides is 3. The van der Waals surface area contributed by atoms with Crippen molar-refractivity contribution in [3.8, 4) is 0 Å². The Balaban J connectivity index is 1.78. The predicted molar refractivity (Wildman–Crippen MR) is 116 cm³/mol.